The van der Waals surface area contributed by atoms with E-state index in [2.05, 4.69) is 24.5 Å². The van der Waals surface area contributed by atoms with Crippen molar-refractivity contribution in [2.24, 2.45) is 11.7 Å². The molecule has 0 saturated heterocycles. The molecule has 2 atom stereocenters. The molecule has 2 amide bonds. The molecule has 4 heteroatoms. The van der Waals surface area contributed by atoms with E-state index in [1.807, 2.05) is 24.3 Å². The van der Waals surface area contributed by atoms with Crippen LogP contribution in [-0.2, 0) is 0 Å². The Hall–Kier alpha value is -1.55. The molecule has 0 aromatic heterocycles. The van der Waals surface area contributed by atoms with Crippen LogP contribution in [0.3, 0.4) is 0 Å². The van der Waals surface area contributed by atoms with Gasteiger partial charge in [-0.05, 0) is 50.3 Å². The first kappa shape index (κ1) is 15.8. The van der Waals surface area contributed by atoms with Gasteiger partial charge in [0.05, 0.1) is 0 Å². The molecule has 1 aliphatic rings. The summed E-state index contributed by atoms with van der Waals surface area (Å²) < 4.78 is 0. The highest BCUT2D eigenvalue weighted by Gasteiger charge is 2.21. The van der Waals surface area contributed by atoms with Crippen LogP contribution in [-0.4, -0.2) is 12.1 Å². The summed E-state index contributed by atoms with van der Waals surface area (Å²) >= 11 is 0. The SMILES string of the molecule is CC(N[C@H](C)C1CCCCC1)c1ccc(NC(N)=O)cc1. The van der Waals surface area contributed by atoms with Gasteiger partial charge in [0.25, 0.3) is 0 Å². The molecular formula is C17H27N3O. The van der Waals surface area contributed by atoms with E-state index in [-0.39, 0.29) is 0 Å². The second-order valence-corrected chi connectivity index (χ2v) is 6.19. The van der Waals surface area contributed by atoms with Gasteiger partial charge in [-0.15, -0.1) is 0 Å². The van der Waals surface area contributed by atoms with Gasteiger partial charge < -0.3 is 16.4 Å². The fourth-order valence-electron chi connectivity index (χ4n) is 3.26. The van der Waals surface area contributed by atoms with Crippen molar-refractivity contribution >= 4 is 11.7 Å². The molecule has 1 aromatic rings. The summed E-state index contributed by atoms with van der Waals surface area (Å²) in [4.78, 5) is 10.8. The molecule has 4 nitrogen and oxygen atoms in total. The van der Waals surface area contributed by atoms with E-state index in [1.165, 1.54) is 37.7 Å². The van der Waals surface area contributed by atoms with Gasteiger partial charge in [-0.2, -0.15) is 0 Å². The van der Waals surface area contributed by atoms with Crippen molar-refractivity contribution in [3.8, 4) is 0 Å². The average Bonchev–Trinajstić information content (AvgIpc) is 2.48. The topological polar surface area (TPSA) is 67.2 Å². The molecule has 1 aromatic carbocycles. The lowest BCUT2D eigenvalue weighted by Gasteiger charge is -2.31. The molecule has 0 radical (unpaired) electrons. The first-order valence-electron chi connectivity index (χ1n) is 7.98. The standard InChI is InChI=1S/C17H27N3O/c1-12(14-6-4-3-5-7-14)19-13(2)15-8-10-16(11-9-15)20-17(18)21/h8-14,19H,3-7H2,1-2H3,(H3,18,20,21)/t12-,13?/m1/s1. The summed E-state index contributed by atoms with van der Waals surface area (Å²) in [5, 5.41) is 6.30. The van der Waals surface area contributed by atoms with Gasteiger partial charge in [0.1, 0.15) is 0 Å². The van der Waals surface area contributed by atoms with Crippen molar-refractivity contribution in [3.63, 3.8) is 0 Å². The molecule has 0 heterocycles. The minimum atomic E-state index is -0.528. The molecule has 1 fully saturated rings. The van der Waals surface area contributed by atoms with E-state index in [4.69, 9.17) is 5.73 Å². The Morgan fingerprint density at radius 1 is 1.14 bits per heavy atom. The van der Waals surface area contributed by atoms with Crippen molar-refractivity contribution in [1.82, 2.24) is 5.32 Å². The highest BCUT2D eigenvalue weighted by Crippen LogP contribution is 2.27. The lowest BCUT2D eigenvalue weighted by Crippen LogP contribution is -2.36. The first-order chi connectivity index (χ1) is 10.1. The molecule has 21 heavy (non-hydrogen) atoms. The molecule has 2 rings (SSSR count). The van der Waals surface area contributed by atoms with Crippen LogP contribution >= 0.6 is 0 Å². The summed E-state index contributed by atoms with van der Waals surface area (Å²) in [5.74, 6) is 0.803. The van der Waals surface area contributed by atoms with Crippen molar-refractivity contribution in [2.45, 2.75) is 58.0 Å². The number of urea groups is 1. The molecule has 0 aliphatic heterocycles. The highest BCUT2D eigenvalue weighted by atomic mass is 16.2. The van der Waals surface area contributed by atoms with Crippen molar-refractivity contribution in [3.05, 3.63) is 29.8 Å². The normalized spacial score (nSPS) is 19.0. The van der Waals surface area contributed by atoms with Crippen LogP contribution in [0.5, 0.6) is 0 Å². The van der Waals surface area contributed by atoms with Crippen LogP contribution in [0.1, 0.15) is 57.6 Å². The average molecular weight is 289 g/mol. The number of carbonyl (C=O) groups excluding carboxylic acids is 1. The quantitative estimate of drug-likeness (QED) is 0.772. The van der Waals surface area contributed by atoms with E-state index < -0.39 is 6.03 Å². The molecular weight excluding hydrogens is 262 g/mol. The Morgan fingerprint density at radius 3 is 2.33 bits per heavy atom. The van der Waals surface area contributed by atoms with E-state index in [0.717, 1.165) is 11.6 Å². The van der Waals surface area contributed by atoms with Crippen LogP contribution < -0.4 is 16.4 Å². The molecule has 116 valence electrons. The predicted octanol–water partition coefficient (Wildman–Crippen LogP) is 3.80. The van der Waals surface area contributed by atoms with E-state index >= 15 is 0 Å². The van der Waals surface area contributed by atoms with Crippen LogP contribution in [0.2, 0.25) is 0 Å². The van der Waals surface area contributed by atoms with Crippen molar-refractivity contribution < 1.29 is 4.79 Å². The molecule has 1 unspecified atom stereocenters. The monoisotopic (exact) mass is 289 g/mol. The van der Waals surface area contributed by atoms with Gasteiger partial charge in [0, 0.05) is 17.8 Å². The number of nitrogens with one attached hydrogen (secondary N) is 2. The zero-order valence-electron chi connectivity index (χ0n) is 13.1. The van der Waals surface area contributed by atoms with Gasteiger partial charge in [-0.3, -0.25) is 0 Å². The molecule has 1 aliphatic carbocycles. The minimum absolute atomic E-state index is 0.310. The van der Waals surface area contributed by atoms with E-state index in [0.29, 0.717) is 12.1 Å². The Labute approximate surface area is 127 Å². The second-order valence-electron chi connectivity index (χ2n) is 6.19. The van der Waals surface area contributed by atoms with Crippen molar-refractivity contribution in [1.29, 1.82) is 0 Å². The number of hydrogen-bond donors (Lipinski definition) is 3. The van der Waals surface area contributed by atoms with Crippen molar-refractivity contribution in [2.75, 3.05) is 5.32 Å². The predicted molar refractivity (Wildman–Crippen MR) is 87.2 cm³/mol. The molecule has 0 spiro atoms. The number of rotatable bonds is 5. The van der Waals surface area contributed by atoms with Gasteiger partial charge in [0.2, 0.25) is 0 Å². The lowest BCUT2D eigenvalue weighted by molar-refractivity contribution is 0.259. The third kappa shape index (κ3) is 4.74. The first-order valence-corrected chi connectivity index (χ1v) is 7.98. The van der Waals surface area contributed by atoms with Crippen LogP contribution in [0, 0.1) is 5.92 Å². The fourth-order valence-corrected chi connectivity index (χ4v) is 3.26. The van der Waals surface area contributed by atoms with E-state index in [9.17, 15) is 4.79 Å². The number of nitrogens with two attached hydrogens (primary N) is 1. The van der Waals surface area contributed by atoms with Crippen LogP contribution in [0.4, 0.5) is 10.5 Å². The molecule has 0 bridgehead atoms. The van der Waals surface area contributed by atoms with Crippen LogP contribution in [0.15, 0.2) is 24.3 Å². The number of benzene rings is 1. The summed E-state index contributed by atoms with van der Waals surface area (Å²) in [6, 6.07) is 8.19. The third-order valence-electron chi connectivity index (χ3n) is 4.55. The van der Waals surface area contributed by atoms with Gasteiger partial charge in [-0.25, -0.2) is 4.79 Å². The van der Waals surface area contributed by atoms with Gasteiger partial charge >= 0.3 is 6.03 Å². The lowest BCUT2D eigenvalue weighted by atomic mass is 9.84. The Bertz CT molecular complexity index is 452. The minimum Gasteiger partial charge on any atom is -0.351 e. The molecule has 4 N–H and O–H groups in total. The zero-order chi connectivity index (χ0) is 15.2. The highest BCUT2D eigenvalue weighted by molar-refractivity contribution is 5.87. The largest absolute Gasteiger partial charge is 0.351 e. The maximum absolute atomic E-state index is 10.8. The fraction of sp³-hybridized carbons (Fsp3) is 0.588. The maximum Gasteiger partial charge on any atom is 0.316 e. The maximum atomic E-state index is 10.8. The summed E-state index contributed by atoms with van der Waals surface area (Å²) in [6.45, 7) is 4.49. The van der Waals surface area contributed by atoms with Gasteiger partial charge in [-0.1, -0.05) is 31.4 Å². The zero-order valence-corrected chi connectivity index (χ0v) is 13.1. The Morgan fingerprint density at radius 2 is 1.76 bits per heavy atom. The second kappa shape index (κ2) is 7.46. The number of primary amides is 1. The summed E-state index contributed by atoms with van der Waals surface area (Å²) in [5.41, 5.74) is 7.07. The number of anilines is 1. The molecule has 1 saturated carbocycles. The van der Waals surface area contributed by atoms with Crippen LogP contribution in [0.25, 0.3) is 0 Å². The van der Waals surface area contributed by atoms with Gasteiger partial charge in [0.15, 0.2) is 0 Å². The smallest absolute Gasteiger partial charge is 0.316 e. The number of hydrogen-bond acceptors (Lipinski definition) is 2. The third-order valence-corrected chi connectivity index (χ3v) is 4.55. The number of carbonyl (C=O) groups is 1. The number of amides is 2. The Balaban J connectivity index is 1.89. The summed E-state index contributed by atoms with van der Waals surface area (Å²) in [6.07, 6.45) is 6.84. The van der Waals surface area contributed by atoms with E-state index in [1.54, 1.807) is 0 Å². The Kier molecular flexibility index (Phi) is 5.62. The summed E-state index contributed by atoms with van der Waals surface area (Å²) in [7, 11) is 0.